The van der Waals surface area contributed by atoms with Gasteiger partial charge >= 0.3 is 5.97 Å². The van der Waals surface area contributed by atoms with Crippen molar-refractivity contribution < 1.29 is 9.53 Å². The van der Waals surface area contributed by atoms with Gasteiger partial charge in [-0.05, 0) is 19.3 Å². The smallest absolute Gasteiger partial charge is 0.317 e. The molecule has 0 aromatic heterocycles. The molecule has 60 valence electrons. The highest BCUT2D eigenvalue weighted by molar-refractivity contribution is 5.75. The monoisotopic (exact) mass is 152 g/mol. The molecular formula is C9H12O2. The van der Waals surface area contributed by atoms with E-state index < -0.39 is 0 Å². The van der Waals surface area contributed by atoms with Gasteiger partial charge < -0.3 is 4.74 Å². The van der Waals surface area contributed by atoms with Crippen LogP contribution in [-0.2, 0) is 9.53 Å². The van der Waals surface area contributed by atoms with Gasteiger partial charge in [0.05, 0.1) is 12.2 Å². The van der Waals surface area contributed by atoms with Crippen molar-refractivity contribution in [2.45, 2.75) is 19.3 Å². The van der Waals surface area contributed by atoms with Crippen molar-refractivity contribution in [2.75, 3.05) is 0 Å². The van der Waals surface area contributed by atoms with Crippen molar-refractivity contribution in [1.29, 1.82) is 0 Å². The topological polar surface area (TPSA) is 26.3 Å². The fourth-order valence-corrected chi connectivity index (χ4v) is 1.18. The fourth-order valence-electron chi connectivity index (χ4n) is 1.18. The average molecular weight is 152 g/mol. The normalized spacial score (nSPS) is 22.7. The zero-order valence-corrected chi connectivity index (χ0v) is 6.45. The van der Waals surface area contributed by atoms with E-state index in [0.29, 0.717) is 0 Å². The summed E-state index contributed by atoms with van der Waals surface area (Å²) in [6, 6.07) is 0. The molecule has 1 aliphatic carbocycles. The summed E-state index contributed by atoms with van der Waals surface area (Å²) in [5, 5.41) is 0. The summed E-state index contributed by atoms with van der Waals surface area (Å²) in [5.41, 5.74) is 0. The highest BCUT2D eigenvalue weighted by atomic mass is 16.5. The minimum absolute atomic E-state index is 0.0400. The van der Waals surface area contributed by atoms with Crippen molar-refractivity contribution in [3.63, 3.8) is 0 Å². The van der Waals surface area contributed by atoms with Crippen molar-refractivity contribution in [2.24, 2.45) is 5.92 Å². The molecule has 0 radical (unpaired) electrons. The first-order chi connectivity index (χ1) is 5.34. The van der Waals surface area contributed by atoms with Gasteiger partial charge in [0.15, 0.2) is 0 Å². The van der Waals surface area contributed by atoms with Crippen LogP contribution in [0.1, 0.15) is 19.3 Å². The van der Waals surface area contributed by atoms with Gasteiger partial charge in [0.25, 0.3) is 0 Å². The highest BCUT2D eigenvalue weighted by Gasteiger charge is 2.17. The van der Waals surface area contributed by atoms with E-state index in [9.17, 15) is 4.79 Å². The Balaban J connectivity index is 2.45. The Kier molecular flexibility index (Phi) is 2.90. The minimum Gasteiger partial charge on any atom is -0.435 e. The van der Waals surface area contributed by atoms with Crippen LogP contribution in [0.2, 0.25) is 0 Å². The third kappa shape index (κ3) is 2.22. The Morgan fingerprint density at radius 2 is 2.55 bits per heavy atom. The molecule has 0 N–H and O–H groups in total. The molecule has 11 heavy (non-hydrogen) atoms. The number of carbonyl (C=O) groups is 1. The standard InChI is InChI=1S/C9H12O2/c1-2-11-9(10)8-6-4-3-5-7-8/h2,4,6,8H,1,3,5,7H2. The second-order valence-electron chi connectivity index (χ2n) is 2.57. The minimum atomic E-state index is -0.184. The maximum absolute atomic E-state index is 11.1. The van der Waals surface area contributed by atoms with Crippen LogP contribution in [0.15, 0.2) is 25.0 Å². The molecule has 1 rings (SSSR count). The summed E-state index contributed by atoms with van der Waals surface area (Å²) in [6.45, 7) is 3.33. The third-order valence-electron chi connectivity index (χ3n) is 1.76. The number of allylic oxidation sites excluding steroid dienone is 1. The summed E-state index contributed by atoms with van der Waals surface area (Å²) < 4.78 is 4.66. The third-order valence-corrected chi connectivity index (χ3v) is 1.76. The van der Waals surface area contributed by atoms with Crippen molar-refractivity contribution >= 4 is 5.97 Å². The number of ether oxygens (including phenoxy) is 1. The molecule has 1 atom stereocenters. The average Bonchev–Trinajstić information content (AvgIpc) is 2.07. The van der Waals surface area contributed by atoms with Crippen LogP contribution in [0.5, 0.6) is 0 Å². The molecule has 0 heterocycles. The Morgan fingerprint density at radius 3 is 3.09 bits per heavy atom. The predicted octanol–water partition coefficient (Wildman–Crippen LogP) is 2.03. The van der Waals surface area contributed by atoms with Crippen molar-refractivity contribution in [3.05, 3.63) is 25.0 Å². The summed E-state index contributed by atoms with van der Waals surface area (Å²) >= 11 is 0. The first-order valence-corrected chi connectivity index (χ1v) is 3.82. The number of rotatable bonds is 2. The molecule has 0 saturated carbocycles. The second-order valence-corrected chi connectivity index (χ2v) is 2.57. The summed E-state index contributed by atoms with van der Waals surface area (Å²) in [7, 11) is 0. The fraction of sp³-hybridized carbons (Fsp3) is 0.444. The SMILES string of the molecule is C=COC(=O)C1C=CCCC1. The molecule has 0 spiro atoms. The van der Waals surface area contributed by atoms with Crippen LogP contribution in [0.25, 0.3) is 0 Å². The molecular weight excluding hydrogens is 140 g/mol. The van der Waals surface area contributed by atoms with Gasteiger partial charge in [0.1, 0.15) is 0 Å². The number of hydrogen-bond donors (Lipinski definition) is 0. The van der Waals surface area contributed by atoms with E-state index in [4.69, 9.17) is 0 Å². The first kappa shape index (κ1) is 8.05. The zero-order valence-electron chi connectivity index (χ0n) is 6.45. The summed E-state index contributed by atoms with van der Waals surface area (Å²) in [6.07, 6.45) is 8.19. The lowest BCUT2D eigenvalue weighted by atomic mass is 9.96. The second kappa shape index (κ2) is 3.96. The molecule has 0 saturated heterocycles. The lowest BCUT2D eigenvalue weighted by Gasteiger charge is -2.12. The molecule has 0 aliphatic heterocycles. The van der Waals surface area contributed by atoms with Gasteiger partial charge in [0, 0.05) is 0 Å². The van der Waals surface area contributed by atoms with Crippen molar-refractivity contribution in [1.82, 2.24) is 0 Å². The van der Waals surface area contributed by atoms with Gasteiger partial charge in [0.2, 0.25) is 0 Å². The maximum Gasteiger partial charge on any atom is 0.317 e. The van der Waals surface area contributed by atoms with E-state index in [1.54, 1.807) is 0 Å². The molecule has 1 unspecified atom stereocenters. The molecule has 0 amide bonds. The largest absolute Gasteiger partial charge is 0.435 e. The van der Waals surface area contributed by atoms with Crippen LogP contribution in [-0.4, -0.2) is 5.97 Å². The lowest BCUT2D eigenvalue weighted by molar-refractivity contribution is -0.141. The van der Waals surface area contributed by atoms with Crippen LogP contribution in [0, 0.1) is 5.92 Å². The quantitative estimate of drug-likeness (QED) is 0.344. The van der Waals surface area contributed by atoms with Crippen molar-refractivity contribution in [3.8, 4) is 0 Å². The Bertz CT molecular complexity index is 182. The highest BCUT2D eigenvalue weighted by Crippen LogP contribution is 2.17. The van der Waals surface area contributed by atoms with Crippen LogP contribution in [0.4, 0.5) is 0 Å². The lowest BCUT2D eigenvalue weighted by Crippen LogP contribution is -2.14. The predicted molar refractivity (Wildman–Crippen MR) is 42.8 cm³/mol. The Labute approximate surface area is 66.5 Å². The number of carbonyl (C=O) groups excluding carboxylic acids is 1. The molecule has 0 fully saturated rings. The number of hydrogen-bond acceptors (Lipinski definition) is 2. The first-order valence-electron chi connectivity index (χ1n) is 3.82. The summed E-state index contributed by atoms with van der Waals surface area (Å²) in [5.74, 6) is -0.224. The van der Waals surface area contributed by atoms with E-state index in [1.807, 2.05) is 12.2 Å². The molecule has 2 nitrogen and oxygen atoms in total. The van der Waals surface area contributed by atoms with Crippen LogP contribution in [0.3, 0.4) is 0 Å². The van der Waals surface area contributed by atoms with E-state index in [1.165, 1.54) is 6.26 Å². The van der Waals surface area contributed by atoms with Gasteiger partial charge in [-0.3, -0.25) is 4.79 Å². The van der Waals surface area contributed by atoms with Crippen LogP contribution < -0.4 is 0 Å². The molecule has 0 bridgehead atoms. The van der Waals surface area contributed by atoms with Crippen LogP contribution >= 0.6 is 0 Å². The maximum atomic E-state index is 11.1. The van der Waals surface area contributed by atoms with E-state index in [0.717, 1.165) is 19.3 Å². The van der Waals surface area contributed by atoms with Gasteiger partial charge in [-0.1, -0.05) is 18.7 Å². The van der Waals surface area contributed by atoms with Gasteiger partial charge in [-0.25, -0.2) is 0 Å². The molecule has 1 aliphatic rings. The Hall–Kier alpha value is -1.05. The Morgan fingerprint density at radius 1 is 1.73 bits per heavy atom. The van der Waals surface area contributed by atoms with E-state index in [2.05, 4.69) is 11.3 Å². The molecule has 2 heteroatoms. The van der Waals surface area contributed by atoms with Gasteiger partial charge in [-0.2, -0.15) is 0 Å². The molecule has 0 aromatic carbocycles. The number of esters is 1. The summed E-state index contributed by atoms with van der Waals surface area (Å²) in [4.78, 5) is 11.1. The van der Waals surface area contributed by atoms with Gasteiger partial charge in [-0.15, -0.1) is 0 Å². The van der Waals surface area contributed by atoms with E-state index in [-0.39, 0.29) is 11.9 Å². The molecule has 0 aromatic rings. The zero-order chi connectivity index (χ0) is 8.10. The van der Waals surface area contributed by atoms with E-state index >= 15 is 0 Å².